The van der Waals surface area contributed by atoms with Crippen LogP contribution in [0.5, 0.6) is 11.5 Å². The van der Waals surface area contributed by atoms with Crippen molar-refractivity contribution in [3.63, 3.8) is 0 Å². The van der Waals surface area contributed by atoms with Crippen LogP contribution in [-0.4, -0.2) is 13.2 Å². The van der Waals surface area contributed by atoms with Gasteiger partial charge in [-0.3, -0.25) is 0 Å². The lowest BCUT2D eigenvalue weighted by Crippen LogP contribution is -2.31. The number of ether oxygens (including phenoxy) is 2. The van der Waals surface area contributed by atoms with Gasteiger partial charge in [-0.1, -0.05) is 48.0 Å². The lowest BCUT2D eigenvalue weighted by atomic mass is 9.89. The maximum absolute atomic E-state index is 6.45. The van der Waals surface area contributed by atoms with Gasteiger partial charge in [0.2, 0.25) is 0 Å². The van der Waals surface area contributed by atoms with Crippen LogP contribution in [0.4, 0.5) is 0 Å². The standard InChI is InChI=1S/C25H26ClNO2/c1-3-28-24-13-17(2)23(26)15-22(24)25-21-10-9-20(14-19(21)11-12-27-25)29-16-18-7-5-4-6-8-18/h4-10,13-15,25,27H,3,11-12,16H2,1-2H3. The molecule has 0 radical (unpaired) electrons. The molecule has 0 amide bonds. The molecule has 1 aliphatic rings. The molecule has 0 saturated heterocycles. The molecule has 3 aromatic carbocycles. The molecule has 0 fully saturated rings. The molecule has 4 heteroatoms. The van der Waals surface area contributed by atoms with E-state index in [1.54, 1.807) is 0 Å². The molecular formula is C25H26ClNO2. The molecular weight excluding hydrogens is 382 g/mol. The van der Waals surface area contributed by atoms with Gasteiger partial charge in [0.15, 0.2) is 0 Å². The van der Waals surface area contributed by atoms with Crippen LogP contribution in [0, 0.1) is 6.92 Å². The SMILES string of the molecule is CCOc1cc(C)c(Cl)cc1C1NCCc2cc(OCc3ccccc3)ccc21. The molecule has 150 valence electrons. The number of nitrogens with one attached hydrogen (secondary N) is 1. The first-order chi connectivity index (χ1) is 14.2. The molecule has 3 nitrogen and oxygen atoms in total. The van der Waals surface area contributed by atoms with Crippen LogP contribution in [0.1, 0.15) is 40.8 Å². The number of halogens is 1. The second kappa shape index (κ2) is 8.89. The third kappa shape index (κ3) is 4.42. The van der Waals surface area contributed by atoms with Gasteiger partial charge in [-0.05, 0) is 66.8 Å². The summed E-state index contributed by atoms with van der Waals surface area (Å²) in [6, 6.07) is 20.8. The van der Waals surface area contributed by atoms with Crippen molar-refractivity contribution in [2.24, 2.45) is 0 Å². The van der Waals surface area contributed by atoms with Crippen molar-refractivity contribution >= 4 is 11.6 Å². The fourth-order valence-corrected chi connectivity index (χ4v) is 4.00. The summed E-state index contributed by atoms with van der Waals surface area (Å²) in [5.41, 5.74) is 5.84. The first-order valence-electron chi connectivity index (χ1n) is 10.1. The summed E-state index contributed by atoms with van der Waals surface area (Å²) in [6.45, 7) is 6.11. The van der Waals surface area contributed by atoms with Gasteiger partial charge in [-0.25, -0.2) is 0 Å². The van der Waals surface area contributed by atoms with E-state index in [0.29, 0.717) is 13.2 Å². The highest BCUT2D eigenvalue weighted by Gasteiger charge is 2.25. The first-order valence-corrected chi connectivity index (χ1v) is 10.5. The molecule has 29 heavy (non-hydrogen) atoms. The van der Waals surface area contributed by atoms with Gasteiger partial charge in [-0.15, -0.1) is 0 Å². The quantitative estimate of drug-likeness (QED) is 0.555. The lowest BCUT2D eigenvalue weighted by molar-refractivity contribution is 0.305. The molecule has 3 aromatic rings. The van der Waals surface area contributed by atoms with Crippen molar-refractivity contribution in [1.29, 1.82) is 0 Å². The fourth-order valence-electron chi connectivity index (χ4n) is 3.83. The van der Waals surface area contributed by atoms with Gasteiger partial charge in [-0.2, -0.15) is 0 Å². The predicted octanol–water partition coefficient (Wildman–Crippen LogP) is 5.86. The van der Waals surface area contributed by atoms with Crippen LogP contribution in [-0.2, 0) is 13.0 Å². The van der Waals surface area contributed by atoms with E-state index in [2.05, 4.69) is 35.6 Å². The van der Waals surface area contributed by atoms with E-state index in [4.69, 9.17) is 21.1 Å². The van der Waals surface area contributed by atoms with Crippen molar-refractivity contribution in [3.8, 4) is 11.5 Å². The van der Waals surface area contributed by atoms with E-state index in [1.807, 2.05) is 44.2 Å². The molecule has 0 aromatic heterocycles. The highest BCUT2D eigenvalue weighted by Crippen LogP contribution is 2.38. The van der Waals surface area contributed by atoms with Crippen LogP contribution in [0.25, 0.3) is 0 Å². The molecule has 1 unspecified atom stereocenters. The lowest BCUT2D eigenvalue weighted by Gasteiger charge is -2.29. The Hall–Kier alpha value is -2.49. The molecule has 4 rings (SSSR count). The predicted molar refractivity (Wildman–Crippen MR) is 118 cm³/mol. The first kappa shape index (κ1) is 19.8. The number of aryl methyl sites for hydroxylation is 1. The largest absolute Gasteiger partial charge is 0.494 e. The number of benzene rings is 3. The molecule has 0 saturated carbocycles. The zero-order valence-corrected chi connectivity index (χ0v) is 17.6. The minimum absolute atomic E-state index is 0.0570. The molecule has 0 aliphatic carbocycles. The summed E-state index contributed by atoms with van der Waals surface area (Å²) < 4.78 is 12.0. The second-order valence-corrected chi connectivity index (χ2v) is 7.75. The zero-order valence-electron chi connectivity index (χ0n) is 16.9. The smallest absolute Gasteiger partial charge is 0.124 e. The summed E-state index contributed by atoms with van der Waals surface area (Å²) in [5, 5.41) is 4.40. The second-order valence-electron chi connectivity index (χ2n) is 7.34. The average molecular weight is 408 g/mol. The normalized spacial score (nSPS) is 15.6. The summed E-state index contributed by atoms with van der Waals surface area (Å²) in [6.07, 6.45) is 0.970. The van der Waals surface area contributed by atoms with Crippen molar-refractivity contribution in [2.75, 3.05) is 13.2 Å². The van der Waals surface area contributed by atoms with E-state index >= 15 is 0 Å². The Morgan fingerprint density at radius 1 is 1.00 bits per heavy atom. The molecule has 1 N–H and O–H groups in total. The van der Waals surface area contributed by atoms with Gasteiger partial charge >= 0.3 is 0 Å². The van der Waals surface area contributed by atoms with Gasteiger partial charge in [0.1, 0.15) is 18.1 Å². The highest BCUT2D eigenvalue weighted by atomic mass is 35.5. The van der Waals surface area contributed by atoms with Gasteiger partial charge in [0, 0.05) is 17.1 Å². The van der Waals surface area contributed by atoms with Crippen molar-refractivity contribution < 1.29 is 9.47 Å². The maximum Gasteiger partial charge on any atom is 0.124 e. The Balaban J connectivity index is 1.61. The third-order valence-electron chi connectivity index (χ3n) is 5.32. The maximum atomic E-state index is 6.45. The fraction of sp³-hybridized carbons (Fsp3) is 0.280. The van der Waals surface area contributed by atoms with E-state index in [1.165, 1.54) is 16.7 Å². The van der Waals surface area contributed by atoms with E-state index < -0.39 is 0 Å². The van der Waals surface area contributed by atoms with Crippen molar-refractivity contribution in [1.82, 2.24) is 5.32 Å². The monoisotopic (exact) mass is 407 g/mol. The van der Waals surface area contributed by atoms with E-state index in [-0.39, 0.29) is 6.04 Å². The minimum Gasteiger partial charge on any atom is -0.494 e. The number of rotatable bonds is 6. The van der Waals surface area contributed by atoms with Crippen LogP contribution >= 0.6 is 11.6 Å². The molecule has 0 bridgehead atoms. The number of hydrogen-bond acceptors (Lipinski definition) is 3. The van der Waals surface area contributed by atoms with Gasteiger partial charge in [0.25, 0.3) is 0 Å². The highest BCUT2D eigenvalue weighted by molar-refractivity contribution is 6.31. The summed E-state index contributed by atoms with van der Waals surface area (Å²) in [5.74, 6) is 1.80. The summed E-state index contributed by atoms with van der Waals surface area (Å²) in [4.78, 5) is 0. The van der Waals surface area contributed by atoms with Crippen LogP contribution in [0.15, 0.2) is 60.7 Å². The Bertz CT molecular complexity index is 988. The van der Waals surface area contributed by atoms with Crippen molar-refractivity contribution in [3.05, 3.63) is 93.5 Å². The number of hydrogen-bond donors (Lipinski definition) is 1. The van der Waals surface area contributed by atoms with Crippen molar-refractivity contribution in [2.45, 2.75) is 32.9 Å². The minimum atomic E-state index is 0.0570. The average Bonchev–Trinajstić information content (AvgIpc) is 2.75. The van der Waals surface area contributed by atoms with Crippen LogP contribution in [0.2, 0.25) is 5.02 Å². The van der Waals surface area contributed by atoms with Gasteiger partial charge in [0.05, 0.1) is 12.6 Å². The Kier molecular flexibility index (Phi) is 6.08. The molecule has 1 aliphatic heterocycles. The Labute approximate surface area is 177 Å². The third-order valence-corrected chi connectivity index (χ3v) is 5.73. The van der Waals surface area contributed by atoms with Crippen LogP contribution in [0.3, 0.4) is 0 Å². The van der Waals surface area contributed by atoms with Gasteiger partial charge < -0.3 is 14.8 Å². The molecule has 1 heterocycles. The summed E-state index contributed by atoms with van der Waals surface area (Å²) in [7, 11) is 0. The number of fused-ring (bicyclic) bond motifs is 1. The topological polar surface area (TPSA) is 30.5 Å². The van der Waals surface area contributed by atoms with Crippen LogP contribution < -0.4 is 14.8 Å². The molecule has 1 atom stereocenters. The van der Waals surface area contributed by atoms with E-state index in [9.17, 15) is 0 Å². The summed E-state index contributed by atoms with van der Waals surface area (Å²) >= 11 is 6.45. The molecule has 0 spiro atoms. The van der Waals surface area contributed by atoms with E-state index in [0.717, 1.165) is 40.6 Å². The zero-order chi connectivity index (χ0) is 20.2. The Morgan fingerprint density at radius 3 is 2.62 bits per heavy atom. The Morgan fingerprint density at radius 2 is 1.83 bits per heavy atom.